The Morgan fingerprint density at radius 3 is 2.00 bits per heavy atom. The number of hydrogen-bond donors (Lipinski definition) is 0. The fourth-order valence-electron chi connectivity index (χ4n) is 5.46. The third-order valence-corrected chi connectivity index (χ3v) is 7.65. The van der Waals surface area contributed by atoms with Gasteiger partial charge in [-0.1, -0.05) is 84.6 Å². The number of allylic oxidation sites excluding steroid dienone is 1. The van der Waals surface area contributed by atoms with E-state index in [1.165, 1.54) is 17.0 Å². The second-order valence-corrected chi connectivity index (χ2v) is 10.1. The largest absolute Gasteiger partial charge is 0.341 e. The smallest absolute Gasteiger partial charge is 0.256 e. The standard InChI is InChI=1S/C36H29N3O2/c1-26-34(15-9-16-35(26)39(40)41)37(2)30-22-24-32(25-23-30)38(36-17-8-13-29-12-6-7-14-33(29)36)31-20-18-28(19-21-31)27-10-4-3-5-11-27/h3-14,16-26H,1-2H3. The molecule has 1 unspecified atom stereocenters. The zero-order valence-electron chi connectivity index (χ0n) is 22.9. The first-order valence-corrected chi connectivity index (χ1v) is 13.6. The molecule has 5 aromatic carbocycles. The van der Waals surface area contributed by atoms with Gasteiger partial charge in [-0.2, -0.15) is 0 Å². The lowest BCUT2D eigenvalue weighted by Gasteiger charge is -2.29. The fourth-order valence-corrected chi connectivity index (χ4v) is 5.46. The van der Waals surface area contributed by atoms with Crippen LogP contribution in [-0.2, 0) is 0 Å². The molecule has 5 heteroatoms. The van der Waals surface area contributed by atoms with E-state index in [1.54, 1.807) is 6.08 Å². The summed E-state index contributed by atoms with van der Waals surface area (Å²) in [7, 11) is 1.93. The van der Waals surface area contributed by atoms with Gasteiger partial charge in [-0.3, -0.25) is 10.1 Å². The maximum atomic E-state index is 11.5. The first kappa shape index (κ1) is 25.9. The second-order valence-electron chi connectivity index (χ2n) is 10.1. The Morgan fingerprint density at radius 1 is 0.707 bits per heavy atom. The summed E-state index contributed by atoms with van der Waals surface area (Å²) < 4.78 is 0. The average Bonchev–Trinajstić information content (AvgIpc) is 3.02. The van der Waals surface area contributed by atoms with Crippen LogP contribution in [0.5, 0.6) is 0 Å². The summed E-state index contributed by atoms with van der Waals surface area (Å²) in [4.78, 5) is 15.4. The Labute approximate surface area is 239 Å². The van der Waals surface area contributed by atoms with Gasteiger partial charge in [0.25, 0.3) is 5.70 Å². The summed E-state index contributed by atoms with van der Waals surface area (Å²) >= 11 is 0. The number of hydrogen-bond acceptors (Lipinski definition) is 4. The van der Waals surface area contributed by atoms with Gasteiger partial charge in [0.1, 0.15) is 0 Å². The third kappa shape index (κ3) is 5.03. The molecule has 0 spiro atoms. The van der Waals surface area contributed by atoms with E-state index < -0.39 is 0 Å². The first-order valence-electron chi connectivity index (χ1n) is 13.6. The first-order chi connectivity index (χ1) is 20.0. The van der Waals surface area contributed by atoms with E-state index in [9.17, 15) is 10.1 Å². The van der Waals surface area contributed by atoms with Crippen LogP contribution in [0.3, 0.4) is 0 Å². The van der Waals surface area contributed by atoms with Gasteiger partial charge in [-0.15, -0.1) is 0 Å². The SMILES string of the molecule is CC1C(N(C)c2ccc(N(c3ccc(-c4ccccc4)cc3)c3cccc4ccccc34)cc2)=C=CC=C1[N+](=O)[O-]. The maximum absolute atomic E-state index is 11.5. The van der Waals surface area contributed by atoms with Gasteiger partial charge in [0, 0.05) is 35.6 Å². The predicted octanol–water partition coefficient (Wildman–Crippen LogP) is 9.26. The van der Waals surface area contributed by atoms with E-state index >= 15 is 0 Å². The quantitative estimate of drug-likeness (QED) is 0.118. The monoisotopic (exact) mass is 535 g/mol. The maximum Gasteiger partial charge on any atom is 0.256 e. The highest BCUT2D eigenvalue weighted by molar-refractivity contribution is 5.99. The van der Waals surface area contributed by atoms with Crippen molar-refractivity contribution in [1.82, 2.24) is 0 Å². The zero-order chi connectivity index (χ0) is 28.3. The lowest BCUT2D eigenvalue weighted by atomic mass is 9.99. The summed E-state index contributed by atoms with van der Waals surface area (Å²) in [6.07, 6.45) is 3.15. The minimum atomic E-state index is -0.366. The number of fused-ring (bicyclic) bond motifs is 1. The Morgan fingerprint density at radius 2 is 1.29 bits per heavy atom. The van der Waals surface area contributed by atoms with Gasteiger partial charge in [0.2, 0.25) is 0 Å². The number of benzene rings is 5. The molecular weight excluding hydrogens is 506 g/mol. The van der Waals surface area contributed by atoms with Crippen LogP contribution in [0.25, 0.3) is 21.9 Å². The average molecular weight is 536 g/mol. The van der Waals surface area contributed by atoms with E-state index in [1.807, 2.05) is 24.9 Å². The minimum absolute atomic E-state index is 0.170. The Hall–Kier alpha value is -5.38. The Balaban J connectivity index is 1.39. The zero-order valence-corrected chi connectivity index (χ0v) is 22.9. The number of nitrogens with zero attached hydrogens (tertiary/aromatic N) is 3. The molecule has 1 aliphatic carbocycles. The highest BCUT2D eigenvalue weighted by Crippen LogP contribution is 2.40. The fraction of sp³-hybridized carbons (Fsp3) is 0.0833. The van der Waals surface area contributed by atoms with Crippen molar-refractivity contribution in [2.24, 2.45) is 5.92 Å². The van der Waals surface area contributed by atoms with Crippen molar-refractivity contribution in [2.45, 2.75) is 6.92 Å². The molecule has 0 saturated carbocycles. The molecule has 0 amide bonds. The van der Waals surface area contributed by atoms with Crippen molar-refractivity contribution in [2.75, 3.05) is 16.8 Å². The van der Waals surface area contributed by atoms with Crippen LogP contribution in [-0.4, -0.2) is 12.0 Å². The second kappa shape index (κ2) is 11.0. The van der Waals surface area contributed by atoms with Crippen molar-refractivity contribution >= 4 is 33.5 Å². The van der Waals surface area contributed by atoms with Crippen LogP contribution >= 0.6 is 0 Å². The highest BCUT2D eigenvalue weighted by Gasteiger charge is 2.28. The van der Waals surface area contributed by atoms with Crippen LogP contribution in [0.15, 0.2) is 151 Å². The number of anilines is 4. The van der Waals surface area contributed by atoms with E-state index in [2.05, 4.69) is 126 Å². The van der Waals surface area contributed by atoms with Crippen molar-refractivity contribution in [1.29, 1.82) is 0 Å². The molecular formula is C36H29N3O2. The summed E-state index contributed by atoms with van der Waals surface area (Å²) in [5.74, 6) is -0.366. The summed E-state index contributed by atoms with van der Waals surface area (Å²) in [6, 6.07) is 42.1. The number of rotatable bonds is 7. The van der Waals surface area contributed by atoms with E-state index in [-0.39, 0.29) is 16.5 Å². The molecule has 0 fully saturated rings. The lowest BCUT2D eigenvalue weighted by molar-refractivity contribution is -0.432. The predicted molar refractivity (Wildman–Crippen MR) is 168 cm³/mol. The van der Waals surface area contributed by atoms with Crippen LogP contribution in [0, 0.1) is 16.0 Å². The van der Waals surface area contributed by atoms with Gasteiger partial charge < -0.3 is 9.80 Å². The highest BCUT2D eigenvalue weighted by atomic mass is 16.6. The molecule has 0 saturated heterocycles. The molecule has 6 rings (SSSR count). The van der Waals surface area contributed by atoms with Gasteiger partial charge in [-0.25, -0.2) is 0 Å². The lowest BCUT2D eigenvalue weighted by Crippen LogP contribution is -2.25. The van der Waals surface area contributed by atoms with E-state index in [4.69, 9.17) is 0 Å². The third-order valence-electron chi connectivity index (χ3n) is 7.65. The molecule has 200 valence electrons. The molecule has 0 radical (unpaired) electrons. The molecule has 0 aromatic heterocycles. The van der Waals surface area contributed by atoms with Crippen molar-refractivity contribution in [3.05, 3.63) is 161 Å². The summed E-state index contributed by atoms with van der Waals surface area (Å²) in [5, 5.41) is 13.8. The normalized spacial score (nSPS) is 14.3. The van der Waals surface area contributed by atoms with Crippen LogP contribution < -0.4 is 9.80 Å². The van der Waals surface area contributed by atoms with Crippen LogP contribution in [0.2, 0.25) is 0 Å². The molecule has 1 aliphatic rings. The minimum Gasteiger partial charge on any atom is -0.341 e. The molecule has 1 atom stereocenters. The molecule has 0 aliphatic heterocycles. The van der Waals surface area contributed by atoms with Gasteiger partial charge >= 0.3 is 0 Å². The van der Waals surface area contributed by atoms with E-state index in [0.717, 1.165) is 39.4 Å². The Bertz CT molecular complexity index is 1810. The van der Waals surface area contributed by atoms with Gasteiger partial charge in [0.15, 0.2) is 0 Å². The number of nitro groups is 1. The summed E-state index contributed by atoms with van der Waals surface area (Å²) in [5.41, 5.74) is 10.6. The molecule has 0 bridgehead atoms. The molecule has 5 nitrogen and oxygen atoms in total. The summed E-state index contributed by atoms with van der Waals surface area (Å²) in [6.45, 7) is 1.84. The van der Waals surface area contributed by atoms with Gasteiger partial charge in [0.05, 0.1) is 22.2 Å². The Kier molecular flexibility index (Phi) is 6.95. The van der Waals surface area contributed by atoms with Crippen molar-refractivity contribution < 1.29 is 4.92 Å². The van der Waals surface area contributed by atoms with Crippen molar-refractivity contribution in [3.63, 3.8) is 0 Å². The molecule has 0 N–H and O–H groups in total. The van der Waals surface area contributed by atoms with E-state index in [0.29, 0.717) is 0 Å². The molecule has 41 heavy (non-hydrogen) atoms. The van der Waals surface area contributed by atoms with Gasteiger partial charge in [-0.05, 0) is 72.0 Å². The van der Waals surface area contributed by atoms with Crippen molar-refractivity contribution in [3.8, 4) is 11.1 Å². The van der Waals surface area contributed by atoms with Crippen LogP contribution in [0.4, 0.5) is 22.7 Å². The topological polar surface area (TPSA) is 49.6 Å². The molecule has 0 heterocycles. The van der Waals surface area contributed by atoms with Crippen LogP contribution in [0.1, 0.15) is 6.92 Å². The molecule has 5 aromatic rings.